The lowest BCUT2D eigenvalue weighted by atomic mass is 10.0. The molecule has 0 saturated carbocycles. The third-order valence-electron chi connectivity index (χ3n) is 3.52. The van der Waals surface area contributed by atoms with E-state index in [0.29, 0.717) is 0 Å². The fourth-order valence-electron chi connectivity index (χ4n) is 2.50. The van der Waals surface area contributed by atoms with Crippen LogP contribution in [0.25, 0.3) is 0 Å². The van der Waals surface area contributed by atoms with Crippen molar-refractivity contribution in [1.29, 1.82) is 0 Å². The van der Waals surface area contributed by atoms with Crippen molar-refractivity contribution >= 4 is 17.2 Å². The van der Waals surface area contributed by atoms with Crippen LogP contribution in [0.4, 0.5) is 0 Å². The van der Waals surface area contributed by atoms with Gasteiger partial charge in [-0.25, -0.2) is 0 Å². The van der Waals surface area contributed by atoms with Gasteiger partial charge in [0.25, 0.3) is 5.91 Å². The predicted octanol–water partition coefficient (Wildman–Crippen LogP) is 2.52. The molecule has 0 aromatic carbocycles. The van der Waals surface area contributed by atoms with Gasteiger partial charge in [-0.15, -0.1) is 11.3 Å². The molecule has 0 bridgehead atoms. The number of carbonyl (C=O) groups excluding carboxylic acids is 1. The van der Waals surface area contributed by atoms with E-state index in [4.69, 9.17) is 0 Å². The van der Waals surface area contributed by atoms with E-state index in [0.717, 1.165) is 29.4 Å². The molecule has 1 aliphatic heterocycles. The van der Waals surface area contributed by atoms with Crippen molar-refractivity contribution in [3.8, 4) is 0 Å². The van der Waals surface area contributed by atoms with Gasteiger partial charge in [-0.3, -0.25) is 4.79 Å². The fraction of sp³-hybridized carbons (Fsp3) is 0.643. The number of thiophene rings is 1. The zero-order chi connectivity index (χ0) is 13.0. The van der Waals surface area contributed by atoms with Gasteiger partial charge >= 0.3 is 0 Å². The van der Waals surface area contributed by atoms with E-state index < -0.39 is 0 Å². The number of rotatable bonds is 4. The van der Waals surface area contributed by atoms with E-state index in [9.17, 15) is 4.79 Å². The van der Waals surface area contributed by atoms with Gasteiger partial charge in [0.15, 0.2) is 0 Å². The van der Waals surface area contributed by atoms with E-state index in [1.54, 1.807) is 0 Å². The Balaban J connectivity index is 1.72. The van der Waals surface area contributed by atoms with Gasteiger partial charge in [0, 0.05) is 19.6 Å². The molecule has 1 saturated heterocycles. The number of carbonyl (C=O) groups is 1. The number of nitrogens with zero attached hydrogens (tertiary/aromatic N) is 1. The lowest BCUT2D eigenvalue weighted by molar-refractivity contribution is 0.0947. The maximum atomic E-state index is 11.9. The van der Waals surface area contributed by atoms with Crippen molar-refractivity contribution < 1.29 is 4.79 Å². The number of hydrogen-bond acceptors (Lipinski definition) is 3. The Morgan fingerprint density at radius 2 is 2.44 bits per heavy atom. The van der Waals surface area contributed by atoms with E-state index in [-0.39, 0.29) is 5.91 Å². The van der Waals surface area contributed by atoms with E-state index in [1.807, 2.05) is 18.4 Å². The highest BCUT2D eigenvalue weighted by Crippen LogP contribution is 2.16. The van der Waals surface area contributed by atoms with Crippen molar-refractivity contribution in [2.24, 2.45) is 5.92 Å². The van der Waals surface area contributed by atoms with Crippen LogP contribution in [0.5, 0.6) is 0 Å². The molecule has 2 heterocycles. The number of nitrogens with one attached hydrogen (secondary N) is 1. The Labute approximate surface area is 113 Å². The van der Waals surface area contributed by atoms with Crippen LogP contribution in [0.3, 0.4) is 0 Å². The average molecular weight is 266 g/mol. The van der Waals surface area contributed by atoms with Crippen LogP contribution < -0.4 is 5.32 Å². The summed E-state index contributed by atoms with van der Waals surface area (Å²) in [4.78, 5) is 15.2. The first-order valence-corrected chi connectivity index (χ1v) is 7.59. The molecule has 3 nitrogen and oxygen atoms in total. The lowest BCUT2D eigenvalue weighted by Gasteiger charge is -2.30. The smallest absolute Gasteiger partial charge is 0.261 e. The zero-order valence-corrected chi connectivity index (χ0v) is 12.1. The molecule has 1 aliphatic rings. The summed E-state index contributed by atoms with van der Waals surface area (Å²) >= 11 is 1.52. The Bertz CT molecular complexity index is 402. The number of hydrogen-bond donors (Lipinski definition) is 1. The Morgan fingerprint density at radius 3 is 3.11 bits per heavy atom. The minimum atomic E-state index is 0.0764. The van der Waals surface area contributed by atoms with E-state index in [2.05, 4.69) is 17.1 Å². The molecule has 0 radical (unpaired) electrons. The second-order valence-corrected chi connectivity index (χ2v) is 6.15. The van der Waals surface area contributed by atoms with Gasteiger partial charge in [0.1, 0.15) is 0 Å². The molecule has 4 heteroatoms. The molecular weight excluding hydrogens is 244 g/mol. The summed E-state index contributed by atoms with van der Waals surface area (Å²) in [6.07, 6.45) is 2.64. The van der Waals surface area contributed by atoms with Gasteiger partial charge < -0.3 is 10.2 Å². The molecule has 0 spiro atoms. The molecule has 1 fully saturated rings. The minimum Gasteiger partial charge on any atom is -0.350 e. The van der Waals surface area contributed by atoms with Gasteiger partial charge in [-0.2, -0.15) is 0 Å². The molecule has 1 amide bonds. The van der Waals surface area contributed by atoms with Crippen LogP contribution in [-0.2, 0) is 0 Å². The second kappa shape index (κ2) is 6.34. The van der Waals surface area contributed by atoms with Crippen molar-refractivity contribution in [1.82, 2.24) is 10.2 Å². The van der Waals surface area contributed by atoms with Crippen LogP contribution in [-0.4, -0.2) is 37.0 Å². The Morgan fingerprint density at radius 1 is 1.61 bits per heavy atom. The summed E-state index contributed by atoms with van der Waals surface area (Å²) < 4.78 is 0. The molecule has 1 atom stereocenters. The first kappa shape index (κ1) is 13.6. The van der Waals surface area contributed by atoms with Gasteiger partial charge in [0.2, 0.25) is 0 Å². The number of piperidine rings is 1. The van der Waals surface area contributed by atoms with Crippen LogP contribution >= 0.6 is 11.3 Å². The van der Waals surface area contributed by atoms with Gasteiger partial charge in [0.05, 0.1) is 4.88 Å². The monoisotopic (exact) mass is 266 g/mol. The zero-order valence-electron chi connectivity index (χ0n) is 11.2. The summed E-state index contributed by atoms with van der Waals surface area (Å²) in [7, 11) is 0. The molecule has 18 heavy (non-hydrogen) atoms. The number of aryl methyl sites for hydroxylation is 1. The standard InChI is InChI=1S/C14H22N2OS/c1-11-4-3-7-16(10-11)8-6-15-14(17)13-12(2)5-9-18-13/h5,9,11H,3-4,6-8,10H2,1-2H3,(H,15,17)/t11-/m1/s1. The Kier molecular flexibility index (Phi) is 4.78. The van der Waals surface area contributed by atoms with Crippen molar-refractivity contribution in [2.45, 2.75) is 26.7 Å². The third-order valence-corrected chi connectivity index (χ3v) is 4.54. The van der Waals surface area contributed by atoms with Gasteiger partial charge in [-0.05, 0) is 49.2 Å². The third kappa shape index (κ3) is 3.56. The first-order valence-electron chi connectivity index (χ1n) is 6.71. The minimum absolute atomic E-state index is 0.0764. The topological polar surface area (TPSA) is 32.3 Å². The van der Waals surface area contributed by atoms with Crippen molar-refractivity contribution in [3.63, 3.8) is 0 Å². The number of amides is 1. The molecule has 0 unspecified atom stereocenters. The summed E-state index contributed by atoms with van der Waals surface area (Å²) in [5.41, 5.74) is 1.07. The summed E-state index contributed by atoms with van der Waals surface area (Å²) in [6.45, 7) is 8.37. The number of likely N-dealkylation sites (tertiary alicyclic amines) is 1. The van der Waals surface area contributed by atoms with Crippen LogP contribution in [0.1, 0.15) is 35.0 Å². The quantitative estimate of drug-likeness (QED) is 0.908. The largest absolute Gasteiger partial charge is 0.350 e. The SMILES string of the molecule is Cc1ccsc1C(=O)NCCN1CCC[C@@H](C)C1. The highest BCUT2D eigenvalue weighted by atomic mass is 32.1. The first-order chi connectivity index (χ1) is 8.66. The molecule has 1 aromatic rings. The molecular formula is C14H22N2OS. The second-order valence-electron chi connectivity index (χ2n) is 5.24. The van der Waals surface area contributed by atoms with Gasteiger partial charge in [-0.1, -0.05) is 6.92 Å². The highest BCUT2D eigenvalue weighted by Gasteiger charge is 2.16. The summed E-state index contributed by atoms with van der Waals surface area (Å²) in [6, 6.07) is 1.99. The maximum Gasteiger partial charge on any atom is 0.261 e. The van der Waals surface area contributed by atoms with Crippen molar-refractivity contribution in [2.75, 3.05) is 26.2 Å². The normalized spacial score (nSPS) is 20.9. The Hall–Kier alpha value is -0.870. The van der Waals surface area contributed by atoms with Crippen LogP contribution in [0.2, 0.25) is 0 Å². The van der Waals surface area contributed by atoms with Crippen molar-refractivity contribution in [3.05, 3.63) is 21.9 Å². The maximum absolute atomic E-state index is 11.9. The molecule has 0 aliphatic carbocycles. The average Bonchev–Trinajstić information content (AvgIpc) is 2.75. The molecule has 100 valence electrons. The van der Waals surface area contributed by atoms with E-state index in [1.165, 1.54) is 37.3 Å². The van der Waals surface area contributed by atoms with Crippen LogP contribution in [0.15, 0.2) is 11.4 Å². The lowest BCUT2D eigenvalue weighted by Crippen LogP contribution is -2.40. The molecule has 1 N–H and O–H groups in total. The van der Waals surface area contributed by atoms with E-state index >= 15 is 0 Å². The molecule has 2 rings (SSSR count). The van der Waals surface area contributed by atoms with Crippen LogP contribution in [0, 0.1) is 12.8 Å². The predicted molar refractivity (Wildman–Crippen MR) is 76.2 cm³/mol. The fourth-order valence-corrected chi connectivity index (χ4v) is 3.34. The molecule has 1 aromatic heterocycles. The summed E-state index contributed by atoms with van der Waals surface area (Å²) in [5.74, 6) is 0.876. The highest BCUT2D eigenvalue weighted by molar-refractivity contribution is 7.12. The summed E-state index contributed by atoms with van der Waals surface area (Å²) in [5, 5.41) is 4.99.